The molecule has 1 rings (SSSR count). The number of nitrogens with zero attached hydrogens (tertiary/aromatic N) is 1. The molecule has 14 heavy (non-hydrogen) atoms. The summed E-state index contributed by atoms with van der Waals surface area (Å²) in [6, 6.07) is 0.689. The minimum absolute atomic E-state index is 0.367. The van der Waals surface area contributed by atoms with Gasteiger partial charge in [-0.15, -0.1) is 0 Å². The van der Waals surface area contributed by atoms with Crippen molar-refractivity contribution >= 4 is 0 Å². The molecule has 0 aromatic heterocycles. The van der Waals surface area contributed by atoms with E-state index in [1.54, 1.807) is 0 Å². The zero-order valence-corrected chi connectivity index (χ0v) is 10.3. The van der Waals surface area contributed by atoms with Crippen LogP contribution in [0.25, 0.3) is 0 Å². The Morgan fingerprint density at radius 3 is 2.14 bits per heavy atom. The summed E-state index contributed by atoms with van der Waals surface area (Å²) in [4.78, 5) is 2.52. The van der Waals surface area contributed by atoms with E-state index in [1.165, 1.54) is 19.5 Å². The molecule has 1 saturated heterocycles. The maximum absolute atomic E-state index is 5.74. The molecule has 0 saturated carbocycles. The number of ether oxygens (including phenoxy) is 1. The first kappa shape index (κ1) is 12.0. The normalized spacial score (nSPS) is 21.6. The van der Waals surface area contributed by atoms with Crippen molar-refractivity contribution in [2.75, 3.05) is 19.7 Å². The van der Waals surface area contributed by atoms with Gasteiger partial charge in [0.15, 0.2) is 0 Å². The quantitative estimate of drug-likeness (QED) is 0.674. The maximum Gasteiger partial charge on any atom is 0.0550 e. The third-order valence-corrected chi connectivity index (χ3v) is 3.28. The Labute approximate surface area is 88.6 Å². The van der Waals surface area contributed by atoms with Crippen LogP contribution in [0.5, 0.6) is 0 Å². The van der Waals surface area contributed by atoms with E-state index in [1.807, 2.05) is 0 Å². The molecule has 0 aromatic rings. The summed E-state index contributed by atoms with van der Waals surface area (Å²) in [5.41, 5.74) is 0.453. The average molecular weight is 199 g/mol. The van der Waals surface area contributed by atoms with Crippen molar-refractivity contribution in [3.63, 3.8) is 0 Å². The van der Waals surface area contributed by atoms with Crippen LogP contribution >= 0.6 is 0 Å². The first-order valence-electron chi connectivity index (χ1n) is 5.85. The SMILES string of the molecule is CCC1(COC(C)C)CN(C(C)C)C1. The first-order valence-corrected chi connectivity index (χ1v) is 5.85. The van der Waals surface area contributed by atoms with Gasteiger partial charge in [0.2, 0.25) is 0 Å². The van der Waals surface area contributed by atoms with Crippen molar-refractivity contribution in [3.8, 4) is 0 Å². The standard InChI is InChI=1S/C12H25NO/c1-6-12(9-14-11(4)5)7-13(8-12)10(2)3/h10-11H,6-9H2,1-5H3. The van der Waals surface area contributed by atoms with Gasteiger partial charge in [-0.3, -0.25) is 4.90 Å². The Bertz CT molecular complexity index is 166. The Kier molecular flexibility index (Phi) is 3.96. The Morgan fingerprint density at radius 2 is 1.79 bits per heavy atom. The van der Waals surface area contributed by atoms with Gasteiger partial charge in [-0.2, -0.15) is 0 Å². The minimum atomic E-state index is 0.367. The molecule has 0 aromatic carbocycles. The molecule has 0 bridgehead atoms. The fourth-order valence-corrected chi connectivity index (χ4v) is 1.94. The fourth-order valence-electron chi connectivity index (χ4n) is 1.94. The molecule has 1 fully saturated rings. The number of rotatable bonds is 5. The van der Waals surface area contributed by atoms with Crippen LogP contribution in [-0.2, 0) is 4.74 Å². The van der Waals surface area contributed by atoms with Crippen molar-refractivity contribution in [2.45, 2.75) is 53.2 Å². The zero-order chi connectivity index (χ0) is 10.8. The van der Waals surface area contributed by atoms with E-state index >= 15 is 0 Å². The number of likely N-dealkylation sites (tertiary alicyclic amines) is 1. The van der Waals surface area contributed by atoms with Crippen LogP contribution in [-0.4, -0.2) is 36.7 Å². The molecule has 0 atom stereocenters. The zero-order valence-electron chi connectivity index (χ0n) is 10.3. The van der Waals surface area contributed by atoms with Crippen LogP contribution in [0, 0.1) is 5.41 Å². The van der Waals surface area contributed by atoms with Crippen molar-refractivity contribution in [1.29, 1.82) is 0 Å². The predicted octanol–water partition coefficient (Wildman–Crippen LogP) is 2.53. The molecule has 1 aliphatic rings. The van der Waals surface area contributed by atoms with E-state index < -0.39 is 0 Å². The van der Waals surface area contributed by atoms with Crippen LogP contribution < -0.4 is 0 Å². The molecular formula is C12H25NO. The molecular weight excluding hydrogens is 174 g/mol. The maximum atomic E-state index is 5.74. The highest BCUT2D eigenvalue weighted by atomic mass is 16.5. The molecule has 2 nitrogen and oxygen atoms in total. The second-order valence-corrected chi connectivity index (χ2v) is 5.21. The fraction of sp³-hybridized carbons (Fsp3) is 1.00. The van der Waals surface area contributed by atoms with Crippen molar-refractivity contribution in [1.82, 2.24) is 4.90 Å². The van der Waals surface area contributed by atoms with Gasteiger partial charge in [-0.25, -0.2) is 0 Å². The molecule has 0 spiro atoms. The van der Waals surface area contributed by atoms with Crippen molar-refractivity contribution < 1.29 is 4.74 Å². The van der Waals surface area contributed by atoms with E-state index in [0.717, 1.165) is 6.61 Å². The monoisotopic (exact) mass is 199 g/mol. The summed E-state index contributed by atoms with van der Waals surface area (Å²) in [7, 11) is 0. The van der Waals surface area contributed by atoms with Gasteiger partial charge in [0.05, 0.1) is 12.7 Å². The average Bonchev–Trinajstić information content (AvgIpc) is 2.02. The molecule has 1 aliphatic heterocycles. The summed E-state index contributed by atoms with van der Waals surface area (Å²) in [5, 5.41) is 0. The van der Waals surface area contributed by atoms with Crippen LogP contribution in [0.3, 0.4) is 0 Å². The molecule has 2 heteroatoms. The molecule has 84 valence electrons. The minimum Gasteiger partial charge on any atom is -0.378 e. The smallest absolute Gasteiger partial charge is 0.0550 e. The summed E-state index contributed by atoms with van der Waals surface area (Å²) in [6.45, 7) is 14.4. The van der Waals surface area contributed by atoms with Gasteiger partial charge in [-0.1, -0.05) is 6.92 Å². The largest absolute Gasteiger partial charge is 0.378 e. The lowest BCUT2D eigenvalue weighted by Gasteiger charge is -2.52. The molecule has 0 aliphatic carbocycles. The van der Waals surface area contributed by atoms with Crippen molar-refractivity contribution in [2.24, 2.45) is 5.41 Å². The Hall–Kier alpha value is -0.0800. The van der Waals surface area contributed by atoms with E-state index in [9.17, 15) is 0 Å². The molecule has 1 heterocycles. The van der Waals surface area contributed by atoms with Gasteiger partial charge < -0.3 is 4.74 Å². The first-order chi connectivity index (χ1) is 6.49. The van der Waals surface area contributed by atoms with Gasteiger partial charge in [0.25, 0.3) is 0 Å². The van der Waals surface area contributed by atoms with Crippen molar-refractivity contribution in [3.05, 3.63) is 0 Å². The number of hydrogen-bond acceptors (Lipinski definition) is 2. The highest BCUT2D eigenvalue weighted by Gasteiger charge is 2.42. The van der Waals surface area contributed by atoms with Crippen LogP contribution in [0.4, 0.5) is 0 Å². The van der Waals surface area contributed by atoms with Gasteiger partial charge >= 0.3 is 0 Å². The molecule has 0 amide bonds. The molecule has 0 radical (unpaired) electrons. The predicted molar refractivity (Wildman–Crippen MR) is 60.5 cm³/mol. The van der Waals surface area contributed by atoms with Gasteiger partial charge in [0, 0.05) is 24.5 Å². The van der Waals surface area contributed by atoms with Gasteiger partial charge in [0.1, 0.15) is 0 Å². The third kappa shape index (κ3) is 2.71. The second kappa shape index (κ2) is 4.63. The van der Waals surface area contributed by atoms with Gasteiger partial charge in [-0.05, 0) is 34.1 Å². The molecule has 0 unspecified atom stereocenters. The lowest BCUT2D eigenvalue weighted by Crippen LogP contribution is -2.60. The topological polar surface area (TPSA) is 12.5 Å². The van der Waals surface area contributed by atoms with Crippen LogP contribution in [0.15, 0.2) is 0 Å². The highest BCUT2D eigenvalue weighted by molar-refractivity contribution is 4.95. The van der Waals surface area contributed by atoms with Crippen LogP contribution in [0.2, 0.25) is 0 Å². The van der Waals surface area contributed by atoms with E-state index in [4.69, 9.17) is 4.74 Å². The lowest BCUT2D eigenvalue weighted by molar-refractivity contribution is -0.0935. The van der Waals surface area contributed by atoms with Crippen LogP contribution in [0.1, 0.15) is 41.0 Å². The second-order valence-electron chi connectivity index (χ2n) is 5.21. The highest BCUT2D eigenvalue weighted by Crippen LogP contribution is 2.35. The third-order valence-electron chi connectivity index (χ3n) is 3.28. The Balaban J connectivity index is 2.33. The summed E-state index contributed by atoms with van der Waals surface area (Å²) >= 11 is 0. The lowest BCUT2D eigenvalue weighted by atomic mass is 9.77. The van der Waals surface area contributed by atoms with E-state index in [2.05, 4.69) is 39.5 Å². The summed E-state index contributed by atoms with van der Waals surface area (Å²) in [6.07, 6.45) is 1.61. The summed E-state index contributed by atoms with van der Waals surface area (Å²) in [5.74, 6) is 0. The molecule has 0 N–H and O–H groups in total. The van der Waals surface area contributed by atoms with E-state index in [-0.39, 0.29) is 0 Å². The van der Waals surface area contributed by atoms with E-state index in [0.29, 0.717) is 17.6 Å². The summed E-state index contributed by atoms with van der Waals surface area (Å²) < 4.78 is 5.74. The number of hydrogen-bond donors (Lipinski definition) is 0. The Morgan fingerprint density at radius 1 is 1.21 bits per heavy atom.